The van der Waals surface area contributed by atoms with Crippen molar-refractivity contribution in [1.29, 1.82) is 0 Å². The Morgan fingerprint density at radius 2 is 0.667 bits per heavy atom. The monoisotopic (exact) mass is 752 g/mol. The number of hydrogen-bond donors (Lipinski definition) is 2. The van der Waals surface area contributed by atoms with E-state index in [1.807, 2.05) is 0 Å². The predicted molar refractivity (Wildman–Crippen MR) is 195 cm³/mol. The van der Waals surface area contributed by atoms with Crippen LogP contribution in [0, 0.1) is 0 Å². The summed E-state index contributed by atoms with van der Waals surface area (Å²) in [5.41, 5.74) is 10.9. The summed E-state index contributed by atoms with van der Waals surface area (Å²) in [6.07, 6.45) is 25.6. The number of carbonyl (C=O) groups excluding carboxylic acids is 6. The van der Waals surface area contributed by atoms with E-state index in [0.29, 0.717) is 12.8 Å². The summed E-state index contributed by atoms with van der Waals surface area (Å²) >= 11 is 0. The fourth-order valence-electron chi connectivity index (χ4n) is 5.13. The van der Waals surface area contributed by atoms with Gasteiger partial charge >= 0.3 is 61.6 Å². The number of hydrogen-bond acceptors (Lipinski definition) is 12. The predicted octanol–water partition coefficient (Wildman–Crippen LogP) is 4.85. The molecule has 0 aromatic rings. The molecular weight excluding hydrogens is 685 g/mol. The van der Waals surface area contributed by atoms with E-state index < -0.39 is 47.9 Å². The molecular formula is C38H68CaN2O10. The topological polar surface area (TPSA) is 219 Å². The summed E-state index contributed by atoms with van der Waals surface area (Å²) in [6, 6.07) is -2.20. The second-order valence-electron chi connectivity index (χ2n) is 13.2. The molecule has 12 nitrogen and oxygen atoms in total. The van der Waals surface area contributed by atoms with E-state index in [2.05, 4.69) is 23.3 Å². The second kappa shape index (κ2) is 39.6. The zero-order valence-corrected chi connectivity index (χ0v) is 34.1. The summed E-state index contributed by atoms with van der Waals surface area (Å²) in [6.45, 7) is 4.44. The molecule has 0 bridgehead atoms. The summed E-state index contributed by atoms with van der Waals surface area (Å²) in [7, 11) is 0. The number of esters is 4. The van der Waals surface area contributed by atoms with Gasteiger partial charge in [0.15, 0.2) is 0 Å². The van der Waals surface area contributed by atoms with E-state index in [-0.39, 0.29) is 76.3 Å². The number of carbonyl (C=O) groups is 6. The van der Waals surface area contributed by atoms with Crippen LogP contribution in [-0.4, -0.2) is 85.6 Å². The number of nitrogens with two attached hydrogens (primary N) is 2. The van der Waals surface area contributed by atoms with Gasteiger partial charge in [0.25, 0.3) is 0 Å². The molecule has 0 radical (unpaired) electrons. The zero-order chi connectivity index (χ0) is 37.8. The van der Waals surface area contributed by atoms with Gasteiger partial charge in [0, 0.05) is 24.8 Å². The van der Waals surface area contributed by atoms with Gasteiger partial charge in [-0.1, -0.05) is 142 Å². The largest absolute Gasteiger partial charge is 2.00 e. The maximum Gasteiger partial charge on any atom is 2.00 e. The molecule has 0 amide bonds. The number of carboxylic acid groups (broad SMARTS) is 2. The molecule has 0 saturated heterocycles. The van der Waals surface area contributed by atoms with Crippen molar-refractivity contribution in [3.8, 4) is 0 Å². The Morgan fingerprint density at radius 3 is 0.902 bits per heavy atom. The number of unbranched alkanes of at least 4 members (excludes halogenated alkanes) is 20. The van der Waals surface area contributed by atoms with Crippen LogP contribution in [0.15, 0.2) is 0 Å². The first-order valence-electron chi connectivity index (χ1n) is 19.3. The van der Waals surface area contributed by atoms with Crippen molar-refractivity contribution in [3.63, 3.8) is 0 Å². The van der Waals surface area contributed by atoms with Crippen LogP contribution in [0.25, 0.3) is 0 Å². The molecule has 0 aliphatic carbocycles. The second-order valence-corrected chi connectivity index (χ2v) is 13.2. The van der Waals surface area contributed by atoms with Crippen molar-refractivity contribution >= 4 is 73.6 Å². The zero-order valence-electron chi connectivity index (χ0n) is 31.9. The molecule has 0 aliphatic rings. The normalized spacial score (nSPS) is 11.7. The van der Waals surface area contributed by atoms with Crippen molar-refractivity contribution < 1.29 is 48.5 Å². The molecule has 0 aliphatic heterocycles. The van der Waals surface area contributed by atoms with Crippen LogP contribution in [0.4, 0.5) is 0 Å². The van der Waals surface area contributed by atoms with E-state index in [0.717, 1.165) is 25.7 Å². The van der Waals surface area contributed by atoms with Gasteiger partial charge in [-0.3, -0.25) is 9.59 Å². The molecule has 51 heavy (non-hydrogen) atoms. The van der Waals surface area contributed by atoms with E-state index in [9.17, 15) is 39.0 Å². The Bertz CT molecular complexity index is 847. The molecule has 2 atom stereocenters. The number of ether oxygens (including phenoxy) is 2. The molecule has 0 heterocycles. The van der Waals surface area contributed by atoms with Gasteiger partial charge in [-0.2, -0.15) is 0 Å². The quantitative estimate of drug-likeness (QED) is 0.0408. The third-order valence-electron chi connectivity index (χ3n) is 8.32. The molecule has 0 spiro atoms. The average Bonchev–Trinajstić information content (AvgIpc) is 3.07. The van der Waals surface area contributed by atoms with Gasteiger partial charge in [-0.25, -0.2) is 9.59 Å². The summed E-state index contributed by atoms with van der Waals surface area (Å²) in [5, 5.41) is 20.6. The van der Waals surface area contributed by atoms with Gasteiger partial charge in [0.05, 0.1) is 0 Å². The minimum absolute atomic E-state index is 0. The summed E-state index contributed by atoms with van der Waals surface area (Å²) in [5.74, 6) is -5.48. The van der Waals surface area contributed by atoms with E-state index >= 15 is 0 Å². The molecule has 0 unspecified atom stereocenters. The molecule has 0 rings (SSSR count). The first kappa shape index (κ1) is 53.8. The van der Waals surface area contributed by atoms with Crippen LogP contribution in [0.1, 0.15) is 194 Å². The molecule has 0 aromatic carbocycles. The third-order valence-corrected chi connectivity index (χ3v) is 8.32. The van der Waals surface area contributed by atoms with Crippen LogP contribution in [0.3, 0.4) is 0 Å². The number of carboxylic acids is 2. The minimum Gasteiger partial charge on any atom is -0.550 e. The SMILES string of the molecule is CCCCCCCCCCCCCC(=O)OC(=O)[C@@H](N)CCC(=O)[O-].CCCCCCCCCCCCCC(=O)OC(=O)[C@@H](N)CCC(=O)[O-].[Ca+2]. The Hall–Kier alpha value is -1.60. The molecule has 4 N–H and O–H groups in total. The van der Waals surface area contributed by atoms with Crippen LogP contribution in [0.2, 0.25) is 0 Å². The van der Waals surface area contributed by atoms with Crippen LogP contribution < -0.4 is 21.7 Å². The molecule has 0 saturated carbocycles. The number of aliphatic carboxylic acids is 2. The molecule has 292 valence electrons. The van der Waals surface area contributed by atoms with Gasteiger partial charge in [0.1, 0.15) is 12.1 Å². The standard InChI is InChI=1S/2C19H35NO5.Ca/c2*1-2-3-4-5-6-7-8-9-10-11-12-13-18(23)25-19(24)16(20)14-15-17(21)22;/h2*16H,2-15,20H2,1H3,(H,21,22);/q;;+2/p-2/t2*16-;/m00./s1. The van der Waals surface area contributed by atoms with Crippen molar-refractivity contribution in [3.05, 3.63) is 0 Å². The van der Waals surface area contributed by atoms with E-state index in [1.165, 1.54) is 103 Å². The van der Waals surface area contributed by atoms with Crippen molar-refractivity contribution in [2.24, 2.45) is 11.5 Å². The van der Waals surface area contributed by atoms with E-state index in [4.69, 9.17) is 11.5 Å². The first-order chi connectivity index (χ1) is 23.9. The van der Waals surface area contributed by atoms with Crippen molar-refractivity contribution in [2.45, 2.75) is 206 Å². The molecule has 0 aromatic heterocycles. The Labute approximate surface area is 337 Å². The van der Waals surface area contributed by atoms with Crippen LogP contribution in [0.5, 0.6) is 0 Å². The molecule has 13 heteroatoms. The smallest absolute Gasteiger partial charge is 0.550 e. The Morgan fingerprint density at radius 1 is 0.431 bits per heavy atom. The summed E-state index contributed by atoms with van der Waals surface area (Å²) < 4.78 is 9.24. The maximum atomic E-state index is 11.5. The number of rotatable bonds is 32. The van der Waals surface area contributed by atoms with Crippen molar-refractivity contribution in [1.82, 2.24) is 0 Å². The Balaban J connectivity index is -0.000000886. The maximum absolute atomic E-state index is 11.5. The summed E-state index contributed by atoms with van der Waals surface area (Å²) in [4.78, 5) is 66.6. The van der Waals surface area contributed by atoms with Crippen LogP contribution in [-0.2, 0) is 38.2 Å². The fraction of sp³-hybridized carbons (Fsp3) is 0.842. The third kappa shape index (κ3) is 41.0. The van der Waals surface area contributed by atoms with Gasteiger partial charge in [-0.15, -0.1) is 0 Å². The average molecular weight is 753 g/mol. The van der Waals surface area contributed by atoms with Crippen molar-refractivity contribution in [2.75, 3.05) is 0 Å². The van der Waals surface area contributed by atoms with Gasteiger partial charge in [-0.05, 0) is 38.5 Å². The van der Waals surface area contributed by atoms with Crippen LogP contribution >= 0.6 is 0 Å². The van der Waals surface area contributed by atoms with Gasteiger partial charge in [0.2, 0.25) is 0 Å². The van der Waals surface area contributed by atoms with E-state index in [1.54, 1.807) is 0 Å². The first-order valence-corrected chi connectivity index (χ1v) is 19.3. The van der Waals surface area contributed by atoms with Gasteiger partial charge < -0.3 is 40.7 Å². The fourth-order valence-corrected chi connectivity index (χ4v) is 5.13. The Kier molecular flexibility index (Phi) is 41.7. The molecule has 0 fully saturated rings. The minimum atomic E-state index is -1.28.